The average Bonchev–Trinajstić information content (AvgIpc) is 3.15. The minimum absolute atomic E-state index is 0.317. The van der Waals surface area contributed by atoms with Gasteiger partial charge in [-0.05, 0) is 43.5 Å². The number of fused-ring (bicyclic) bond motifs is 1. The molecule has 1 atom stereocenters. The van der Waals surface area contributed by atoms with Crippen LogP contribution in [-0.4, -0.2) is 27.5 Å². The van der Waals surface area contributed by atoms with Crippen molar-refractivity contribution in [2.45, 2.75) is 32.4 Å². The van der Waals surface area contributed by atoms with Crippen molar-refractivity contribution >= 4 is 17.2 Å². The lowest BCUT2D eigenvalue weighted by molar-refractivity contribution is 0.623. The summed E-state index contributed by atoms with van der Waals surface area (Å²) in [4.78, 5) is 15.1. The molecule has 0 aliphatic carbocycles. The molecule has 1 aliphatic heterocycles. The highest BCUT2D eigenvalue weighted by molar-refractivity contribution is 7.09. The lowest BCUT2D eigenvalue weighted by Crippen LogP contribution is -2.28. The van der Waals surface area contributed by atoms with Gasteiger partial charge in [0.25, 0.3) is 0 Å². The minimum Gasteiger partial charge on any atom is -0.367 e. The van der Waals surface area contributed by atoms with E-state index in [9.17, 15) is 0 Å². The number of rotatable bonds is 5. The van der Waals surface area contributed by atoms with Gasteiger partial charge in [-0.1, -0.05) is 6.07 Å². The van der Waals surface area contributed by atoms with Crippen LogP contribution in [-0.2, 0) is 19.4 Å². The van der Waals surface area contributed by atoms with Crippen molar-refractivity contribution < 1.29 is 0 Å². The molecule has 0 fully saturated rings. The summed E-state index contributed by atoms with van der Waals surface area (Å²) in [7, 11) is 0. The van der Waals surface area contributed by atoms with Crippen molar-refractivity contribution in [2.24, 2.45) is 0 Å². The summed E-state index contributed by atoms with van der Waals surface area (Å²) < 4.78 is 0. The van der Waals surface area contributed by atoms with E-state index in [1.54, 1.807) is 23.7 Å². The van der Waals surface area contributed by atoms with Gasteiger partial charge in [0.2, 0.25) is 0 Å². The fourth-order valence-electron chi connectivity index (χ4n) is 3.12. The zero-order valence-electron chi connectivity index (χ0n) is 14.2. The zero-order chi connectivity index (χ0) is 17.1. The van der Waals surface area contributed by atoms with Gasteiger partial charge in [0.15, 0.2) is 5.82 Å². The van der Waals surface area contributed by atoms with Gasteiger partial charge in [0.1, 0.15) is 5.82 Å². The Morgan fingerprint density at radius 2 is 2.12 bits per heavy atom. The van der Waals surface area contributed by atoms with E-state index in [2.05, 4.69) is 40.1 Å². The first-order valence-electron chi connectivity index (χ1n) is 8.59. The van der Waals surface area contributed by atoms with Crippen molar-refractivity contribution in [3.05, 3.63) is 58.2 Å². The van der Waals surface area contributed by atoms with E-state index >= 15 is 0 Å². The number of anilines is 1. The second kappa shape index (κ2) is 7.29. The first kappa shape index (κ1) is 16.2. The Morgan fingerprint density at radius 3 is 2.92 bits per heavy atom. The molecule has 0 radical (unpaired) electrons. The first-order chi connectivity index (χ1) is 12.3. The maximum Gasteiger partial charge on any atom is 0.161 e. The topological polar surface area (TPSA) is 62.7 Å². The summed E-state index contributed by atoms with van der Waals surface area (Å²) >= 11 is 1.80. The molecule has 4 heterocycles. The van der Waals surface area contributed by atoms with Crippen LogP contribution in [0.15, 0.2) is 42.0 Å². The van der Waals surface area contributed by atoms with Gasteiger partial charge in [-0.15, -0.1) is 11.3 Å². The summed E-state index contributed by atoms with van der Waals surface area (Å²) in [6.45, 7) is 3.98. The first-order valence-corrected chi connectivity index (χ1v) is 9.47. The Bertz CT molecular complexity index is 833. The van der Waals surface area contributed by atoms with E-state index in [0.29, 0.717) is 6.04 Å². The molecule has 0 aromatic carbocycles. The SMILES string of the molecule is C[C@H](Cc1cccs1)Nc1nc(-c2ccncc2)nc2c1CCNC2. The van der Waals surface area contributed by atoms with Crippen LogP contribution in [0.2, 0.25) is 0 Å². The molecule has 25 heavy (non-hydrogen) atoms. The Hall–Kier alpha value is -2.31. The second-order valence-electron chi connectivity index (χ2n) is 6.31. The van der Waals surface area contributed by atoms with E-state index in [1.165, 1.54) is 10.4 Å². The van der Waals surface area contributed by atoms with Gasteiger partial charge in [-0.2, -0.15) is 0 Å². The van der Waals surface area contributed by atoms with Crippen LogP contribution in [0.4, 0.5) is 5.82 Å². The predicted octanol–water partition coefficient (Wildman–Crippen LogP) is 3.29. The Kier molecular flexibility index (Phi) is 4.72. The number of nitrogens with one attached hydrogen (secondary N) is 2. The number of thiophene rings is 1. The molecule has 0 unspecified atom stereocenters. The highest BCUT2D eigenvalue weighted by Crippen LogP contribution is 2.25. The molecule has 2 N–H and O–H groups in total. The molecule has 6 heteroatoms. The van der Waals surface area contributed by atoms with Crippen LogP contribution in [0.5, 0.6) is 0 Å². The third-order valence-corrected chi connectivity index (χ3v) is 5.24. The normalized spacial score (nSPS) is 14.8. The predicted molar refractivity (Wildman–Crippen MR) is 102 cm³/mol. The molecule has 1 aliphatic rings. The minimum atomic E-state index is 0.317. The highest BCUT2D eigenvalue weighted by Gasteiger charge is 2.19. The molecule has 5 nitrogen and oxygen atoms in total. The number of pyridine rings is 1. The highest BCUT2D eigenvalue weighted by atomic mass is 32.1. The van der Waals surface area contributed by atoms with Crippen LogP contribution in [0, 0.1) is 0 Å². The lowest BCUT2D eigenvalue weighted by Gasteiger charge is -2.23. The van der Waals surface area contributed by atoms with Crippen LogP contribution in [0.3, 0.4) is 0 Å². The molecule has 0 amide bonds. The van der Waals surface area contributed by atoms with Gasteiger partial charge < -0.3 is 10.6 Å². The molecule has 3 aromatic rings. The molecule has 0 spiro atoms. The lowest BCUT2D eigenvalue weighted by atomic mass is 10.1. The standard InChI is InChI=1S/C19H21N5S/c1-13(11-15-3-2-10-25-15)22-19-16-6-9-21-12-17(16)23-18(24-19)14-4-7-20-8-5-14/h2-5,7-8,10,13,21H,6,9,11-12H2,1H3,(H,22,23,24)/t13-/m1/s1. The second-order valence-corrected chi connectivity index (χ2v) is 7.34. The van der Waals surface area contributed by atoms with Crippen LogP contribution in [0.1, 0.15) is 23.1 Å². The van der Waals surface area contributed by atoms with Crippen molar-refractivity contribution in [1.29, 1.82) is 0 Å². The van der Waals surface area contributed by atoms with Crippen LogP contribution < -0.4 is 10.6 Å². The van der Waals surface area contributed by atoms with E-state index in [0.717, 1.165) is 48.8 Å². The molecule has 0 bridgehead atoms. The monoisotopic (exact) mass is 351 g/mol. The molecular formula is C19H21N5S. The van der Waals surface area contributed by atoms with Gasteiger partial charge >= 0.3 is 0 Å². The summed E-state index contributed by atoms with van der Waals surface area (Å²) in [5.74, 6) is 1.73. The summed E-state index contributed by atoms with van der Waals surface area (Å²) in [5.41, 5.74) is 3.34. The largest absolute Gasteiger partial charge is 0.367 e. The number of aromatic nitrogens is 3. The van der Waals surface area contributed by atoms with E-state index in [4.69, 9.17) is 9.97 Å². The maximum absolute atomic E-state index is 4.85. The fourth-order valence-corrected chi connectivity index (χ4v) is 3.96. The van der Waals surface area contributed by atoms with Crippen LogP contribution >= 0.6 is 11.3 Å². The van der Waals surface area contributed by atoms with Gasteiger partial charge in [0, 0.05) is 47.4 Å². The molecule has 0 saturated carbocycles. The Balaban J connectivity index is 1.65. The molecule has 128 valence electrons. The summed E-state index contributed by atoms with van der Waals surface area (Å²) in [6, 6.07) is 8.52. The van der Waals surface area contributed by atoms with Gasteiger partial charge in [-0.25, -0.2) is 9.97 Å². The summed E-state index contributed by atoms with van der Waals surface area (Å²) in [6.07, 6.45) is 5.52. The van der Waals surface area contributed by atoms with Crippen molar-refractivity contribution in [2.75, 3.05) is 11.9 Å². The zero-order valence-corrected chi connectivity index (χ0v) is 15.0. The maximum atomic E-state index is 4.85. The Labute approximate surface area is 151 Å². The van der Waals surface area contributed by atoms with Crippen molar-refractivity contribution in [3.8, 4) is 11.4 Å². The number of hydrogen-bond donors (Lipinski definition) is 2. The molecule has 4 rings (SSSR count). The number of nitrogens with zero attached hydrogens (tertiary/aromatic N) is 3. The van der Waals surface area contributed by atoms with Gasteiger partial charge in [0.05, 0.1) is 5.69 Å². The third kappa shape index (κ3) is 3.70. The number of hydrogen-bond acceptors (Lipinski definition) is 6. The Morgan fingerprint density at radius 1 is 1.24 bits per heavy atom. The average molecular weight is 351 g/mol. The van der Waals surface area contributed by atoms with E-state index in [-0.39, 0.29) is 0 Å². The molecular weight excluding hydrogens is 330 g/mol. The molecule has 0 saturated heterocycles. The van der Waals surface area contributed by atoms with Crippen molar-refractivity contribution in [1.82, 2.24) is 20.3 Å². The smallest absolute Gasteiger partial charge is 0.161 e. The van der Waals surface area contributed by atoms with E-state index in [1.807, 2.05) is 12.1 Å². The van der Waals surface area contributed by atoms with Crippen molar-refractivity contribution in [3.63, 3.8) is 0 Å². The quantitative estimate of drug-likeness (QED) is 0.738. The third-order valence-electron chi connectivity index (χ3n) is 4.35. The van der Waals surface area contributed by atoms with Crippen LogP contribution in [0.25, 0.3) is 11.4 Å². The fraction of sp³-hybridized carbons (Fsp3) is 0.316. The van der Waals surface area contributed by atoms with Gasteiger partial charge in [-0.3, -0.25) is 4.98 Å². The molecule has 3 aromatic heterocycles. The van der Waals surface area contributed by atoms with E-state index < -0.39 is 0 Å². The summed E-state index contributed by atoms with van der Waals surface area (Å²) in [5, 5.41) is 9.17.